The molecule has 2 heteroatoms. The number of aromatic nitrogens is 2. The maximum Gasteiger partial charge on any atom is 0.0795 e. The zero-order valence-corrected chi connectivity index (χ0v) is 25.2. The van der Waals surface area contributed by atoms with Crippen LogP contribution in [0.3, 0.4) is 0 Å². The lowest BCUT2D eigenvalue weighted by atomic mass is 9.89. The Kier molecular flexibility index (Phi) is 4.71. The third-order valence-electron chi connectivity index (χ3n) is 10.5. The van der Waals surface area contributed by atoms with E-state index in [1.165, 1.54) is 98.6 Å². The van der Waals surface area contributed by atoms with E-state index in [0.29, 0.717) is 0 Å². The van der Waals surface area contributed by atoms with Crippen LogP contribution in [0.2, 0.25) is 0 Å². The SMILES string of the molecule is C1=Cc2c(c3c4cccc5c6ccc7ccccc7c6n(c54)c3c3c2c2ccccc2n3-c2cccc(-c3ccccc3)c2)CC1. The van der Waals surface area contributed by atoms with E-state index >= 15 is 0 Å². The quantitative estimate of drug-likeness (QED) is 0.191. The predicted octanol–water partition coefficient (Wildman–Crippen LogP) is 11.7. The molecular weight excluding hydrogens is 556 g/mol. The molecular formula is C44H28N2. The number of hydrogen-bond donors (Lipinski definition) is 0. The van der Waals surface area contributed by atoms with Crippen LogP contribution in [-0.4, -0.2) is 8.97 Å². The Labute approximate surface area is 265 Å². The van der Waals surface area contributed by atoms with Crippen molar-refractivity contribution in [3.63, 3.8) is 0 Å². The van der Waals surface area contributed by atoms with Crippen molar-refractivity contribution in [2.24, 2.45) is 0 Å². The monoisotopic (exact) mass is 584 g/mol. The van der Waals surface area contributed by atoms with Crippen molar-refractivity contribution < 1.29 is 0 Å². The van der Waals surface area contributed by atoms with Crippen LogP contribution in [-0.2, 0) is 6.42 Å². The van der Waals surface area contributed by atoms with Gasteiger partial charge in [-0.2, -0.15) is 0 Å². The highest BCUT2D eigenvalue weighted by atomic mass is 15.0. The first-order valence-corrected chi connectivity index (χ1v) is 16.3. The second-order valence-electron chi connectivity index (χ2n) is 12.8. The van der Waals surface area contributed by atoms with Gasteiger partial charge in [0.1, 0.15) is 0 Å². The second-order valence-corrected chi connectivity index (χ2v) is 12.8. The van der Waals surface area contributed by atoms with Crippen LogP contribution in [0.1, 0.15) is 17.5 Å². The highest BCUT2D eigenvalue weighted by Crippen LogP contribution is 2.49. The summed E-state index contributed by atoms with van der Waals surface area (Å²) in [5, 5.41) is 10.7. The number of allylic oxidation sites excluding steroid dienone is 1. The van der Waals surface area contributed by atoms with E-state index in [4.69, 9.17) is 0 Å². The summed E-state index contributed by atoms with van der Waals surface area (Å²) in [6.45, 7) is 0. The summed E-state index contributed by atoms with van der Waals surface area (Å²) in [6, 6.07) is 49.3. The molecule has 1 aliphatic rings. The number of rotatable bonds is 2. The van der Waals surface area contributed by atoms with E-state index in [1.807, 2.05) is 0 Å². The van der Waals surface area contributed by atoms with E-state index in [-0.39, 0.29) is 0 Å². The molecule has 3 heterocycles. The molecule has 0 amide bonds. The Hall–Kier alpha value is -5.86. The molecule has 0 aliphatic heterocycles. The molecule has 0 N–H and O–H groups in total. The van der Waals surface area contributed by atoms with E-state index in [0.717, 1.165) is 12.8 Å². The van der Waals surface area contributed by atoms with Gasteiger partial charge >= 0.3 is 0 Å². The summed E-state index contributed by atoms with van der Waals surface area (Å²) in [7, 11) is 0. The Morgan fingerprint density at radius 2 is 1.20 bits per heavy atom. The van der Waals surface area contributed by atoms with Crippen LogP contribution in [0.15, 0.2) is 140 Å². The maximum atomic E-state index is 2.63. The fraction of sp³-hybridized carbons (Fsp3) is 0.0455. The lowest BCUT2D eigenvalue weighted by Gasteiger charge is -2.17. The number of para-hydroxylation sites is 2. The van der Waals surface area contributed by atoms with Crippen LogP contribution < -0.4 is 0 Å². The summed E-state index contributed by atoms with van der Waals surface area (Å²) in [5.74, 6) is 0. The van der Waals surface area contributed by atoms with Crippen LogP contribution in [0.25, 0.3) is 93.6 Å². The molecule has 3 aromatic heterocycles. The third kappa shape index (κ3) is 3.01. The van der Waals surface area contributed by atoms with E-state index in [1.54, 1.807) is 0 Å². The molecule has 0 saturated heterocycles. The first kappa shape index (κ1) is 24.5. The molecule has 0 atom stereocenters. The van der Waals surface area contributed by atoms with Crippen LogP contribution in [0.5, 0.6) is 0 Å². The summed E-state index contributed by atoms with van der Waals surface area (Å²) >= 11 is 0. The van der Waals surface area contributed by atoms with Crippen molar-refractivity contribution in [2.45, 2.75) is 12.8 Å². The van der Waals surface area contributed by atoms with Gasteiger partial charge in [0.15, 0.2) is 0 Å². The topological polar surface area (TPSA) is 9.34 Å². The molecule has 2 nitrogen and oxygen atoms in total. The van der Waals surface area contributed by atoms with Gasteiger partial charge in [-0.3, -0.25) is 0 Å². The molecule has 7 aromatic carbocycles. The van der Waals surface area contributed by atoms with Gasteiger partial charge in [-0.25, -0.2) is 0 Å². The molecule has 0 radical (unpaired) electrons. The fourth-order valence-electron chi connectivity index (χ4n) is 8.64. The molecule has 0 fully saturated rings. The largest absolute Gasteiger partial charge is 0.307 e. The zero-order valence-electron chi connectivity index (χ0n) is 25.2. The van der Waals surface area contributed by atoms with Crippen LogP contribution in [0, 0.1) is 0 Å². The number of hydrogen-bond acceptors (Lipinski definition) is 0. The second kappa shape index (κ2) is 8.87. The summed E-state index contributed by atoms with van der Waals surface area (Å²) in [6.07, 6.45) is 6.89. The number of nitrogens with zero attached hydrogens (tertiary/aromatic N) is 2. The lowest BCUT2D eigenvalue weighted by Crippen LogP contribution is -2.00. The average Bonchev–Trinajstić information content (AvgIpc) is 3.78. The van der Waals surface area contributed by atoms with Gasteiger partial charge in [0, 0.05) is 43.4 Å². The van der Waals surface area contributed by atoms with Gasteiger partial charge in [0.2, 0.25) is 0 Å². The van der Waals surface area contributed by atoms with Gasteiger partial charge in [0.05, 0.1) is 27.6 Å². The molecule has 46 heavy (non-hydrogen) atoms. The smallest absolute Gasteiger partial charge is 0.0795 e. The van der Waals surface area contributed by atoms with Gasteiger partial charge in [-0.15, -0.1) is 0 Å². The molecule has 1 aliphatic carbocycles. The molecule has 0 unspecified atom stereocenters. The van der Waals surface area contributed by atoms with Gasteiger partial charge in [0.25, 0.3) is 0 Å². The van der Waals surface area contributed by atoms with E-state index < -0.39 is 0 Å². The highest BCUT2D eigenvalue weighted by Gasteiger charge is 2.28. The molecule has 0 saturated carbocycles. The van der Waals surface area contributed by atoms with Gasteiger partial charge in [-0.1, -0.05) is 127 Å². The minimum Gasteiger partial charge on any atom is -0.307 e. The first-order valence-electron chi connectivity index (χ1n) is 16.3. The van der Waals surface area contributed by atoms with Crippen molar-refractivity contribution in [3.05, 3.63) is 151 Å². The van der Waals surface area contributed by atoms with Crippen molar-refractivity contribution in [1.82, 2.24) is 8.97 Å². The number of benzene rings is 7. The van der Waals surface area contributed by atoms with Crippen molar-refractivity contribution in [3.8, 4) is 16.8 Å². The first-order chi connectivity index (χ1) is 22.9. The minimum atomic E-state index is 1.05. The lowest BCUT2D eigenvalue weighted by molar-refractivity contribution is 1.00. The molecule has 214 valence electrons. The van der Waals surface area contributed by atoms with Crippen LogP contribution in [0.4, 0.5) is 0 Å². The molecule has 0 spiro atoms. The van der Waals surface area contributed by atoms with Crippen molar-refractivity contribution in [1.29, 1.82) is 0 Å². The summed E-state index contributed by atoms with van der Waals surface area (Å²) in [4.78, 5) is 0. The average molecular weight is 585 g/mol. The van der Waals surface area contributed by atoms with Crippen LogP contribution >= 0.6 is 0 Å². The number of fused-ring (bicyclic) bond motifs is 15. The minimum absolute atomic E-state index is 1.05. The Morgan fingerprint density at radius 3 is 2.13 bits per heavy atom. The third-order valence-corrected chi connectivity index (χ3v) is 10.5. The summed E-state index contributed by atoms with van der Waals surface area (Å²) in [5.41, 5.74) is 13.0. The molecule has 11 rings (SSSR count). The van der Waals surface area contributed by atoms with Crippen molar-refractivity contribution in [2.75, 3.05) is 0 Å². The standard InChI is InChI=1S/C44H28N2/c1-2-12-27(13-3-1)29-15-10-16-30(26-29)45-38-23-9-8-20-36(38)39-32-18-6-7-19-33(32)40-37-22-11-21-34-35-25-24-28-14-4-5-17-31(28)41(35)46(42(34)37)44(40)43(39)45/h1-6,8-18,20-26H,7,19H2. The number of aryl methyl sites for hydroxylation is 1. The molecule has 10 aromatic rings. The van der Waals surface area contributed by atoms with Gasteiger partial charge < -0.3 is 8.97 Å². The Morgan fingerprint density at radius 1 is 0.478 bits per heavy atom. The van der Waals surface area contributed by atoms with E-state index in [9.17, 15) is 0 Å². The Bertz CT molecular complexity index is 2900. The van der Waals surface area contributed by atoms with Gasteiger partial charge in [-0.05, 0) is 58.7 Å². The predicted molar refractivity (Wildman–Crippen MR) is 196 cm³/mol. The normalized spacial score (nSPS) is 13.4. The zero-order chi connectivity index (χ0) is 29.9. The Balaban J connectivity index is 1.45. The van der Waals surface area contributed by atoms with Crippen molar-refractivity contribution >= 4 is 76.7 Å². The maximum absolute atomic E-state index is 2.63. The molecule has 0 bridgehead atoms. The summed E-state index contributed by atoms with van der Waals surface area (Å²) < 4.78 is 5.18. The van der Waals surface area contributed by atoms with E-state index in [2.05, 4.69) is 155 Å². The highest BCUT2D eigenvalue weighted by molar-refractivity contribution is 6.33. The fourth-order valence-corrected chi connectivity index (χ4v) is 8.64.